The largest absolute Gasteiger partial charge is 0.394 e. The van der Waals surface area contributed by atoms with Crippen LogP contribution in [0.2, 0.25) is 0 Å². The van der Waals surface area contributed by atoms with Gasteiger partial charge in [-0.2, -0.15) is 0 Å². The van der Waals surface area contributed by atoms with Crippen LogP contribution < -0.4 is 10.6 Å². The van der Waals surface area contributed by atoms with Crippen LogP contribution in [0.3, 0.4) is 0 Å². The number of carbonyl (C=O) groups excluding carboxylic acids is 2. The van der Waals surface area contributed by atoms with E-state index in [1.165, 1.54) is 24.3 Å². The van der Waals surface area contributed by atoms with Gasteiger partial charge in [0, 0.05) is 18.8 Å². The zero-order chi connectivity index (χ0) is 19.9. The van der Waals surface area contributed by atoms with E-state index in [0.717, 1.165) is 0 Å². The van der Waals surface area contributed by atoms with Crippen LogP contribution in [0.4, 0.5) is 14.9 Å². The summed E-state index contributed by atoms with van der Waals surface area (Å²) in [6.45, 7) is 2.01. The molecule has 3 atom stereocenters. The average Bonchev–Trinajstić information content (AvgIpc) is 2.71. The van der Waals surface area contributed by atoms with E-state index in [-0.39, 0.29) is 36.9 Å². The Hall–Kier alpha value is -2.23. The molecule has 9 heteroatoms. The van der Waals surface area contributed by atoms with Crippen molar-refractivity contribution in [2.45, 2.75) is 37.5 Å². The highest BCUT2D eigenvalue weighted by molar-refractivity contribution is 5.89. The molecule has 2 aliphatic rings. The zero-order valence-corrected chi connectivity index (χ0v) is 15.6. The topological polar surface area (TPSA) is 100 Å². The Labute approximate surface area is 163 Å². The van der Waals surface area contributed by atoms with Crippen molar-refractivity contribution in [3.8, 4) is 0 Å². The summed E-state index contributed by atoms with van der Waals surface area (Å²) >= 11 is 0. The second-order valence-corrected chi connectivity index (χ2v) is 6.97. The van der Waals surface area contributed by atoms with Gasteiger partial charge in [-0.15, -0.1) is 0 Å². The standard InChI is InChI=1S/C19H26FN3O5/c20-13-1-3-14(4-2-13)21-19(26)22-16-6-5-15(28-17(16)12-24)11-18(25)23-7-9-27-10-8-23/h1-4,15-17,24H,5-12H2,(H2,21,22,26)/t15-,16+,17+/m1/s1. The number of rotatable bonds is 5. The van der Waals surface area contributed by atoms with Gasteiger partial charge in [0.15, 0.2) is 0 Å². The number of ether oxygens (including phenoxy) is 2. The van der Waals surface area contributed by atoms with Crippen LogP contribution in [0.15, 0.2) is 24.3 Å². The average molecular weight is 395 g/mol. The van der Waals surface area contributed by atoms with Crippen molar-refractivity contribution in [3.63, 3.8) is 0 Å². The van der Waals surface area contributed by atoms with E-state index in [2.05, 4.69) is 10.6 Å². The zero-order valence-electron chi connectivity index (χ0n) is 15.6. The predicted molar refractivity (Wildman–Crippen MR) is 99.3 cm³/mol. The number of urea groups is 1. The van der Waals surface area contributed by atoms with E-state index in [4.69, 9.17) is 9.47 Å². The van der Waals surface area contributed by atoms with E-state index in [1.807, 2.05) is 0 Å². The van der Waals surface area contributed by atoms with Gasteiger partial charge in [-0.25, -0.2) is 9.18 Å². The Balaban J connectivity index is 1.47. The molecule has 0 aliphatic carbocycles. The third-order valence-electron chi connectivity index (χ3n) is 4.98. The summed E-state index contributed by atoms with van der Waals surface area (Å²) in [6, 6.07) is 4.60. The van der Waals surface area contributed by atoms with Gasteiger partial charge >= 0.3 is 6.03 Å². The number of nitrogens with zero attached hydrogens (tertiary/aromatic N) is 1. The Morgan fingerprint density at radius 1 is 1.18 bits per heavy atom. The molecule has 0 bridgehead atoms. The molecule has 0 aromatic heterocycles. The van der Waals surface area contributed by atoms with Crippen molar-refractivity contribution in [1.29, 1.82) is 0 Å². The second-order valence-electron chi connectivity index (χ2n) is 6.97. The molecule has 2 heterocycles. The Kier molecular flexibility index (Phi) is 7.18. The molecule has 8 nitrogen and oxygen atoms in total. The monoisotopic (exact) mass is 395 g/mol. The molecule has 0 unspecified atom stereocenters. The SMILES string of the molecule is O=C(Nc1ccc(F)cc1)N[C@H]1CC[C@H](CC(=O)N2CCOCC2)O[C@H]1CO. The summed E-state index contributed by atoms with van der Waals surface area (Å²) < 4.78 is 24.0. The first-order valence-electron chi connectivity index (χ1n) is 9.50. The highest BCUT2D eigenvalue weighted by atomic mass is 19.1. The summed E-state index contributed by atoms with van der Waals surface area (Å²) in [5.74, 6) is -0.366. The summed E-state index contributed by atoms with van der Waals surface area (Å²) in [5.41, 5.74) is 0.463. The maximum Gasteiger partial charge on any atom is 0.319 e. The fourth-order valence-corrected chi connectivity index (χ4v) is 3.45. The minimum Gasteiger partial charge on any atom is -0.394 e. The molecule has 1 aromatic rings. The van der Waals surface area contributed by atoms with Crippen LogP contribution in [0, 0.1) is 5.82 Å². The van der Waals surface area contributed by atoms with Crippen LogP contribution in [0.25, 0.3) is 0 Å². The van der Waals surface area contributed by atoms with Gasteiger partial charge in [-0.05, 0) is 37.1 Å². The second kappa shape index (κ2) is 9.81. The van der Waals surface area contributed by atoms with Gasteiger partial charge in [0.2, 0.25) is 5.91 Å². The number of benzene rings is 1. The van der Waals surface area contributed by atoms with E-state index in [9.17, 15) is 19.1 Å². The number of morpholine rings is 1. The summed E-state index contributed by atoms with van der Waals surface area (Å²) in [4.78, 5) is 26.3. The van der Waals surface area contributed by atoms with Gasteiger partial charge in [-0.1, -0.05) is 0 Å². The third-order valence-corrected chi connectivity index (χ3v) is 4.98. The van der Waals surface area contributed by atoms with Crippen molar-refractivity contribution in [1.82, 2.24) is 10.2 Å². The molecule has 2 aliphatic heterocycles. The molecule has 0 radical (unpaired) electrons. The molecular formula is C19H26FN3O5. The quantitative estimate of drug-likeness (QED) is 0.693. The van der Waals surface area contributed by atoms with E-state index in [0.29, 0.717) is 44.8 Å². The molecular weight excluding hydrogens is 369 g/mol. The number of hydrogen-bond donors (Lipinski definition) is 3. The lowest BCUT2D eigenvalue weighted by Gasteiger charge is -2.37. The van der Waals surface area contributed by atoms with Crippen molar-refractivity contribution >= 4 is 17.6 Å². The van der Waals surface area contributed by atoms with E-state index < -0.39 is 12.1 Å². The number of hydrogen-bond acceptors (Lipinski definition) is 5. The van der Waals surface area contributed by atoms with Crippen LogP contribution in [-0.2, 0) is 14.3 Å². The number of carbonyl (C=O) groups is 2. The number of aliphatic hydroxyl groups is 1. The summed E-state index contributed by atoms with van der Waals surface area (Å²) in [5, 5.41) is 15.0. The lowest BCUT2D eigenvalue weighted by molar-refractivity contribution is -0.143. The lowest BCUT2D eigenvalue weighted by atomic mass is 9.97. The third kappa shape index (κ3) is 5.63. The number of anilines is 1. The maximum atomic E-state index is 12.9. The van der Waals surface area contributed by atoms with Gasteiger partial charge in [-0.3, -0.25) is 4.79 Å². The number of nitrogens with one attached hydrogen (secondary N) is 2. The van der Waals surface area contributed by atoms with Crippen molar-refractivity contribution in [3.05, 3.63) is 30.1 Å². The molecule has 3 amide bonds. The van der Waals surface area contributed by atoms with Crippen LogP contribution >= 0.6 is 0 Å². The lowest BCUT2D eigenvalue weighted by Crippen LogP contribution is -2.52. The van der Waals surface area contributed by atoms with Crippen molar-refractivity contribution in [2.24, 2.45) is 0 Å². The molecule has 28 heavy (non-hydrogen) atoms. The fraction of sp³-hybridized carbons (Fsp3) is 0.579. The van der Waals surface area contributed by atoms with Crippen molar-refractivity contribution in [2.75, 3.05) is 38.2 Å². The van der Waals surface area contributed by atoms with Gasteiger partial charge in [0.05, 0.1) is 38.4 Å². The molecule has 0 spiro atoms. The molecule has 154 valence electrons. The highest BCUT2D eigenvalue weighted by Crippen LogP contribution is 2.23. The number of halogens is 1. The molecule has 1 aromatic carbocycles. The fourth-order valence-electron chi connectivity index (χ4n) is 3.45. The first-order chi connectivity index (χ1) is 13.5. The predicted octanol–water partition coefficient (Wildman–Crippen LogP) is 1.10. The normalized spacial score (nSPS) is 25.2. The van der Waals surface area contributed by atoms with Crippen LogP contribution in [0.5, 0.6) is 0 Å². The van der Waals surface area contributed by atoms with Gasteiger partial charge in [0.25, 0.3) is 0 Å². The van der Waals surface area contributed by atoms with Crippen molar-refractivity contribution < 1.29 is 28.6 Å². The molecule has 2 fully saturated rings. The first-order valence-corrected chi connectivity index (χ1v) is 9.50. The highest BCUT2D eigenvalue weighted by Gasteiger charge is 2.33. The molecule has 3 rings (SSSR count). The van der Waals surface area contributed by atoms with Crippen LogP contribution in [0.1, 0.15) is 19.3 Å². The maximum absolute atomic E-state index is 12.9. The number of amides is 3. The smallest absolute Gasteiger partial charge is 0.319 e. The molecule has 0 saturated carbocycles. The summed E-state index contributed by atoms with van der Waals surface area (Å²) in [6.07, 6.45) is 0.572. The van der Waals surface area contributed by atoms with E-state index >= 15 is 0 Å². The van der Waals surface area contributed by atoms with Gasteiger partial charge in [0.1, 0.15) is 11.9 Å². The summed E-state index contributed by atoms with van der Waals surface area (Å²) in [7, 11) is 0. The minimum atomic E-state index is -0.588. The number of aliphatic hydroxyl groups excluding tert-OH is 1. The van der Waals surface area contributed by atoms with Crippen LogP contribution in [-0.4, -0.2) is 73.1 Å². The Bertz CT molecular complexity index is 666. The Morgan fingerprint density at radius 3 is 2.57 bits per heavy atom. The molecule has 3 N–H and O–H groups in total. The van der Waals surface area contributed by atoms with E-state index in [1.54, 1.807) is 4.90 Å². The Morgan fingerprint density at radius 2 is 1.89 bits per heavy atom. The minimum absolute atomic E-state index is 0.0189. The molecule has 2 saturated heterocycles. The van der Waals surface area contributed by atoms with Gasteiger partial charge < -0.3 is 30.1 Å². The first kappa shape index (κ1) is 20.5.